The van der Waals surface area contributed by atoms with Gasteiger partial charge in [-0.1, -0.05) is 0 Å². The van der Waals surface area contributed by atoms with E-state index in [9.17, 15) is 0 Å². The third-order valence-corrected chi connectivity index (χ3v) is 98.9. The van der Waals surface area contributed by atoms with E-state index in [0.29, 0.717) is 0 Å². The quantitative estimate of drug-likeness (QED) is 0.207. The fourth-order valence-corrected chi connectivity index (χ4v) is 167. The number of hydrogen-bond donors (Lipinski definition) is 0. The van der Waals surface area contributed by atoms with Crippen molar-refractivity contribution in [2.75, 3.05) is 0 Å². The van der Waals surface area contributed by atoms with Crippen molar-refractivity contribution in [3.8, 4) is 0 Å². The van der Waals surface area contributed by atoms with Crippen molar-refractivity contribution in [1.82, 2.24) is 0 Å². The van der Waals surface area contributed by atoms with Crippen LogP contribution in [-0.2, 0) is 0 Å². The van der Waals surface area contributed by atoms with Crippen molar-refractivity contribution in [3.05, 3.63) is 0 Å². The summed E-state index contributed by atoms with van der Waals surface area (Å²) in [6.45, 7) is 49.4. The Morgan fingerprint density at radius 3 is 0.552 bits per heavy atom. The minimum absolute atomic E-state index is 0.825. The summed E-state index contributed by atoms with van der Waals surface area (Å²) >= 11 is 2.70. The molecule has 0 rings (SSSR count). The summed E-state index contributed by atoms with van der Waals surface area (Å²) < 4.78 is 1.65. The van der Waals surface area contributed by atoms with Gasteiger partial charge in [0.1, 0.15) is 0 Å². The summed E-state index contributed by atoms with van der Waals surface area (Å²) in [7, 11) is -7.39. The van der Waals surface area contributed by atoms with E-state index in [4.69, 9.17) is 0 Å². The zero-order valence-electron chi connectivity index (χ0n) is 23.2. The molecule has 0 radical (unpaired) electrons. The Morgan fingerprint density at radius 2 is 0.448 bits per heavy atom. The standard InChI is InChI=1S/C20H54Se3Si6/c1-24(2,3)19(25(4,5)6,26(7,8)9)21-23-22-20(27(10,11)12,28(13,14)15)29(16,17)18/h1-18H3. The molecule has 0 spiro atoms. The van der Waals surface area contributed by atoms with Crippen molar-refractivity contribution in [2.24, 2.45) is 0 Å². The summed E-state index contributed by atoms with van der Waals surface area (Å²) in [5.41, 5.74) is 0. The van der Waals surface area contributed by atoms with Gasteiger partial charge in [-0.15, -0.1) is 0 Å². The van der Waals surface area contributed by atoms with Gasteiger partial charge in [0.05, 0.1) is 0 Å². The van der Waals surface area contributed by atoms with Gasteiger partial charge in [0.15, 0.2) is 0 Å². The molecule has 0 fully saturated rings. The molecule has 0 aliphatic carbocycles. The third-order valence-electron chi connectivity index (χ3n) is 6.66. The molecule has 0 N–H and O–H groups in total. The predicted octanol–water partition coefficient (Wildman–Crippen LogP) is 7.51. The molecule has 0 aromatic rings. The van der Waals surface area contributed by atoms with Gasteiger partial charge in [0.25, 0.3) is 0 Å². The van der Waals surface area contributed by atoms with Gasteiger partial charge in [0.2, 0.25) is 0 Å². The van der Waals surface area contributed by atoms with Crippen LogP contribution < -0.4 is 0 Å². The predicted molar refractivity (Wildman–Crippen MR) is 163 cm³/mol. The first-order chi connectivity index (χ1) is 12.2. The zero-order chi connectivity index (χ0) is 24.1. The molecule has 0 saturated heterocycles. The van der Waals surface area contributed by atoms with E-state index >= 15 is 0 Å². The maximum atomic E-state index is 2.75. The molecule has 0 aromatic heterocycles. The van der Waals surface area contributed by atoms with Gasteiger partial charge in [0, 0.05) is 0 Å². The molecule has 0 unspecified atom stereocenters. The second-order valence-electron chi connectivity index (χ2n) is 15.1. The molecule has 176 valence electrons. The van der Waals surface area contributed by atoms with Crippen LogP contribution >= 0.6 is 0 Å². The van der Waals surface area contributed by atoms with Crippen molar-refractivity contribution in [2.45, 2.75) is 124 Å². The Hall–Kier alpha value is 2.86. The van der Waals surface area contributed by atoms with Gasteiger partial charge in [-0.25, -0.2) is 0 Å². The van der Waals surface area contributed by atoms with Crippen molar-refractivity contribution >= 4 is 86.0 Å². The van der Waals surface area contributed by atoms with Crippen molar-refractivity contribution < 1.29 is 0 Å². The molecule has 0 aliphatic rings. The molecule has 0 amide bonds. The molecule has 9 heteroatoms. The topological polar surface area (TPSA) is 0 Å². The number of hydrogen-bond acceptors (Lipinski definition) is 0. The van der Waals surface area contributed by atoms with Crippen LogP contribution in [0.3, 0.4) is 0 Å². The van der Waals surface area contributed by atoms with Gasteiger partial charge < -0.3 is 0 Å². The van der Waals surface area contributed by atoms with E-state index < -0.39 is 48.4 Å². The summed E-state index contributed by atoms with van der Waals surface area (Å²) in [5.74, 6) is 0. The average molecular weight is 700 g/mol. The van der Waals surface area contributed by atoms with Gasteiger partial charge in [-0.05, 0) is 0 Å². The van der Waals surface area contributed by atoms with Crippen LogP contribution in [0.2, 0.25) is 124 Å². The molecular formula is C20H54Se3Si6. The molecule has 0 nitrogen and oxygen atoms in total. The minimum atomic E-state index is -1.23. The molecule has 29 heavy (non-hydrogen) atoms. The van der Waals surface area contributed by atoms with Crippen LogP contribution in [0.25, 0.3) is 0 Å². The SMILES string of the molecule is C[Si](C)(C)C([Se][Se][Se]C([Si](C)(C)C)([Si](C)(C)C)[Si](C)(C)C)([Si](C)(C)C)[Si](C)(C)C. The fraction of sp³-hybridized carbons (Fsp3) is 1.00. The second kappa shape index (κ2) is 9.48. The molecule has 0 saturated carbocycles. The van der Waals surface area contributed by atoms with E-state index in [-0.39, 0.29) is 0 Å². The maximum absolute atomic E-state index is 2.75. The Morgan fingerprint density at radius 1 is 0.310 bits per heavy atom. The first-order valence-electron chi connectivity index (χ1n) is 11.2. The number of rotatable bonds is 10. The van der Waals surface area contributed by atoms with Crippen LogP contribution in [-0.4, -0.2) is 86.0 Å². The van der Waals surface area contributed by atoms with E-state index in [1.54, 1.807) is 0 Å². The second-order valence-corrected chi connectivity index (χ2v) is 70.8. The van der Waals surface area contributed by atoms with Gasteiger partial charge >= 0.3 is 210 Å². The Bertz CT molecular complexity index is 430. The van der Waals surface area contributed by atoms with Crippen LogP contribution in [0.15, 0.2) is 0 Å². The van der Waals surface area contributed by atoms with Gasteiger partial charge in [-0.3, -0.25) is 0 Å². The van der Waals surface area contributed by atoms with E-state index in [2.05, 4.69) is 118 Å². The third kappa shape index (κ3) is 6.11. The molecule has 0 aliphatic heterocycles. The van der Waals surface area contributed by atoms with E-state index in [1.165, 1.54) is 0 Å². The van der Waals surface area contributed by atoms with Crippen LogP contribution in [0.4, 0.5) is 0 Å². The van der Waals surface area contributed by atoms with Crippen molar-refractivity contribution in [3.63, 3.8) is 0 Å². The summed E-state index contributed by atoms with van der Waals surface area (Å²) in [4.78, 5) is 0. The summed E-state index contributed by atoms with van der Waals surface area (Å²) in [6.07, 6.45) is 0. The first-order valence-corrected chi connectivity index (χ1v) is 42.6. The van der Waals surface area contributed by atoms with Gasteiger partial charge in [-0.2, -0.15) is 0 Å². The Balaban J connectivity index is 6.44. The molecule has 0 atom stereocenters. The van der Waals surface area contributed by atoms with Crippen LogP contribution in [0, 0.1) is 0 Å². The average Bonchev–Trinajstić information content (AvgIpc) is 2.27. The Labute approximate surface area is 208 Å². The summed E-state index contributed by atoms with van der Waals surface area (Å²) in [6, 6.07) is 0. The van der Waals surface area contributed by atoms with Crippen molar-refractivity contribution in [1.29, 1.82) is 0 Å². The normalized spacial score (nSPS) is 16.3. The first kappa shape index (κ1) is 31.9. The van der Waals surface area contributed by atoms with E-state index in [0.717, 1.165) is 43.9 Å². The summed E-state index contributed by atoms with van der Waals surface area (Å²) in [5, 5.41) is 0. The molecular weight excluding hydrogens is 646 g/mol. The fourth-order valence-electron chi connectivity index (χ4n) is 7.62. The van der Waals surface area contributed by atoms with Crippen LogP contribution in [0.1, 0.15) is 0 Å². The molecule has 0 aromatic carbocycles. The van der Waals surface area contributed by atoms with Crippen LogP contribution in [0.5, 0.6) is 0 Å². The zero-order valence-corrected chi connectivity index (χ0v) is 34.4. The van der Waals surface area contributed by atoms with E-state index in [1.807, 2.05) is 0 Å². The molecule has 0 heterocycles. The molecule has 0 bridgehead atoms. The monoisotopic (exact) mass is 702 g/mol. The Kier molecular flexibility index (Phi) is 10.4.